The molecule has 0 aliphatic carbocycles. The quantitative estimate of drug-likeness (QED) is 0.636. The van der Waals surface area contributed by atoms with Crippen molar-refractivity contribution in [2.45, 2.75) is 6.42 Å². The Bertz CT molecular complexity index is 256. The molecule has 0 bridgehead atoms. The van der Waals surface area contributed by atoms with Crippen LogP contribution in [0.5, 0.6) is 0 Å². The number of nitrogens with two attached hydrogens (primary N) is 1. The third-order valence-electron chi connectivity index (χ3n) is 1.21. The van der Waals surface area contributed by atoms with Gasteiger partial charge in [-0.3, -0.25) is 0 Å². The Labute approximate surface area is 62.8 Å². The Balaban J connectivity index is 2.87. The fraction of sp³-hybridized carbons (Fsp3) is 0.333. The fourth-order valence-corrected chi connectivity index (χ4v) is 0.753. The van der Waals surface area contributed by atoms with Crippen LogP contribution in [0.25, 0.3) is 0 Å². The zero-order valence-corrected chi connectivity index (χ0v) is 5.78. The third kappa shape index (κ3) is 1.56. The molecule has 0 atom stereocenters. The molecule has 0 fully saturated rings. The van der Waals surface area contributed by atoms with E-state index in [-0.39, 0.29) is 5.69 Å². The molecule has 0 saturated heterocycles. The number of hydrogen-bond donors (Lipinski definition) is 2. The molecular weight excluding hydrogens is 148 g/mol. The van der Waals surface area contributed by atoms with Gasteiger partial charge in [-0.15, -0.1) is 0 Å². The van der Waals surface area contributed by atoms with E-state index in [4.69, 9.17) is 15.3 Å². The maximum atomic E-state index is 10.4. The number of aromatic carboxylic acids is 1. The van der Waals surface area contributed by atoms with E-state index in [0.29, 0.717) is 18.7 Å². The Morgan fingerprint density at radius 1 is 1.82 bits per heavy atom. The van der Waals surface area contributed by atoms with Crippen LogP contribution >= 0.6 is 0 Å². The van der Waals surface area contributed by atoms with Crippen LogP contribution in [0, 0.1) is 0 Å². The minimum Gasteiger partial charge on any atom is -0.476 e. The Morgan fingerprint density at radius 2 is 2.55 bits per heavy atom. The molecule has 0 aromatic carbocycles. The number of rotatable bonds is 3. The summed E-state index contributed by atoms with van der Waals surface area (Å²) >= 11 is 0. The van der Waals surface area contributed by atoms with E-state index in [1.165, 1.54) is 0 Å². The lowest BCUT2D eigenvalue weighted by Crippen LogP contribution is -2.07. The molecule has 0 saturated carbocycles. The summed E-state index contributed by atoms with van der Waals surface area (Å²) in [5.74, 6) is -0.748. The highest BCUT2D eigenvalue weighted by atomic mass is 16.4. The van der Waals surface area contributed by atoms with Crippen LogP contribution in [0.3, 0.4) is 0 Å². The van der Waals surface area contributed by atoms with E-state index in [2.05, 4.69) is 4.98 Å². The number of aromatic nitrogens is 1. The van der Waals surface area contributed by atoms with Crippen molar-refractivity contribution in [3.8, 4) is 0 Å². The highest BCUT2D eigenvalue weighted by molar-refractivity contribution is 5.86. The second-order valence-electron chi connectivity index (χ2n) is 1.97. The van der Waals surface area contributed by atoms with Crippen LogP contribution in [0.15, 0.2) is 10.8 Å². The number of hydrogen-bond acceptors (Lipinski definition) is 4. The van der Waals surface area contributed by atoms with E-state index in [1.807, 2.05) is 0 Å². The first-order valence-corrected chi connectivity index (χ1v) is 3.11. The summed E-state index contributed by atoms with van der Waals surface area (Å²) in [6, 6.07) is 0. The fourth-order valence-electron chi connectivity index (χ4n) is 0.753. The van der Waals surface area contributed by atoms with E-state index < -0.39 is 5.97 Å². The van der Waals surface area contributed by atoms with Crippen molar-refractivity contribution in [1.82, 2.24) is 4.98 Å². The lowest BCUT2D eigenvalue weighted by atomic mass is 10.3. The molecular formula is C6H8N2O3. The lowest BCUT2D eigenvalue weighted by molar-refractivity contribution is 0.0689. The first-order valence-electron chi connectivity index (χ1n) is 3.11. The van der Waals surface area contributed by atoms with Gasteiger partial charge in [0.2, 0.25) is 0 Å². The summed E-state index contributed by atoms with van der Waals surface area (Å²) in [6.45, 7) is 0.357. The SMILES string of the molecule is NCCc1ocnc1C(=O)O. The van der Waals surface area contributed by atoms with Gasteiger partial charge >= 0.3 is 5.97 Å². The molecule has 1 heterocycles. The first-order chi connectivity index (χ1) is 5.25. The van der Waals surface area contributed by atoms with Gasteiger partial charge in [0, 0.05) is 6.42 Å². The summed E-state index contributed by atoms with van der Waals surface area (Å²) in [7, 11) is 0. The van der Waals surface area contributed by atoms with Crippen molar-refractivity contribution in [3.05, 3.63) is 17.8 Å². The van der Waals surface area contributed by atoms with Gasteiger partial charge in [-0.1, -0.05) is 0 Å². The molecule has 0 aliphatic heterocycles. The highest BCUT2D eigenvalue weighted by Crippen LogP contribution is 2.06. The second kappa shape index (κ2) is 3.16. The lowest BCUT2D eigenvalue weighted by Gasteiger charge is -1.91. The van der Waals surface area contributed by atoms with Crippen molar-refractivity contribution in [2.75, 3.05) is 6.54 Å². The van der Waals surface area contributed by atoms with Crippen LogP contribution in [-0.4, -0.2) is 22.6 Å². The molecule has 3 N–H and O–H groups in total. The average Bonchev–Trinajstić information content (AvgIpc) is 2.36. The van der Waals surface area contributed by atoms with Crippen LogP contribution in [0.4, 0.5) is 0 Å². The maximum absolute atomic E-state index is 10.4. The Morgan fingerprint density at radius 3 is 3.09 bits per heavy atom. The molecule has 0 aliphatic rings. The standard InChI is InChI=1S/C6H8N2O3/c7-2-1-4-5(6(9)10)8-3-11-4/h3H,1-2,7H2,(H,9,10). The van der Waals surface area contributed by atoms with Crippen molar-refractivity contribution in [1.29, 1.82) is 0 Å². The van der Waals surface area contributed by atoms with E-state index in [0.717, 1.165) is 6.39 Å². The minimum absolute atomic E-state index is 0.0459. The van der Waals surface area contributed by atoms with Crippen molar-refractivity contribution in [2.24, 2.45) is 5.73 Å². The molecule has 1 aromatic rings. The predicted molar refractivity (Wildman–Crippen MR) is 36.2 cm³/mol. The van der Waals surface area contributed by atoms with Crippen LogP contribution in [0.1, 0.15) is 16.2 Å². The van der Waals surface area contributed by atoms with Crippen LogP contribution in [-0.2, 0) is 6.42 Å². The zero-order chi connectivity index (χ0) is 8.27. The summed E-state index contributed by atoms with van der Waals surface area (Å²) in [4.78, 5) is 13.9. The predicted octanol–water partition coefficient (Wildman–Crippen LogP) is -0.126. The van der Waals surface area contributed by atoms with Crippen molar-refractivity contribution in [3.63, 3.8) is 0 Å². The Kier molecular flexibility index (Phi) is 2.22. The molecule has 1 rings (SSSR count). The van der Waals surface area contributed by atoms with Gasteiger partial charge in [-0.25, -0.2) is 9.78 Å². The summed E-state index contributed by atoms with van der Waals surface area (Å²) in [6.07, 6.45) is 1.51. The van der Waals surface area contributed by atoms with Gasteiger partial charge < -0.3 is 15.3 Å². The normalized spacial score (nSPS) is 9.91. The molecule has 1 aromatic heterocycles. The summed E-state index contributed by atoms with van der Waals surface area (Å²) < 4.78 is 4.79. The number of nitrogens with zero attached hydrogens (tertiary/aromatic N) is 1. The van der Waals surface area contributed by atoms with Gasteiger partial charge in [0.1, 0.15) is 5.76 Å². The number of oxazole rings is 1. The largest absolute Gasteiger partial charge is 0.476 e. The third-order valence-corrected chi connectivity index (χ3v) is 1.21. The molecule has 0 amide bonds. The van der Waals surface area contributed by atoms with Crippen LogP contribution in [0.2, 0.25) is 0 Å². The molecule has 5 heteroatoms. The van der Waals surface area contributed by atoms with E-state index in [1.54, 1.807) is 0 Å². The smallest absolute Gasteiger partial charge is 0.358 e. The zero-order valence-electron chi connectivity index (χ0n) is 5.78. The highest BCUT2D eigenvalue weighted by Gasteiger charge is 2.13. The van der Waals surface area contributed by atoms with E-state index in [9.17, 15) is 4.79 Å². The van der Waals surface area contributed by atoms with Gasteiger partial charge in [-0.05, 0) is 6.54 Å². The molecule has 0 spiro atoms. The monoisotopic (exact) mass is 156 g/mol. The Hall–Kier alpha value is -1.36. The van der Waals surface area contributed by atoms with Crippen molar-refractivity contribution >= 4 is 5.97 Å². The number of carboxylic acids is 1. The van der Waals surface area contributed by atoms with Crippen LogP contribution < -0.4 is 5.73 Å². The first kappa shape index (κ1) is 7.74. The average molecular weight is 156 g/mol. The topological polar surface area (TPSA) is 89.4 Å². The molecule has 0 unspecified atom stereocenters. The number of carboxylic acid groups (broad SMARTS) is 1. The van der Waals surface area contributed by atoms with E-state index >= 15 is 0 Å². The minimum atomic E-state index is -1.08. The van der Waals surface area contributed by atoms with Gasteiger partial charge in [-0.2, -0.15) is 0 Å². The number of carbonyl (C=O) groups is 1. The van der Waals surface area contributed by atoms with Gasteiger partial charge in [0.25, 0.3) is 0 Å². The molecule has 60 valence electrons. The second-order valence-corrected chi connectivity index (χ2v) is 1.97. The van der Waals surface area contributed by atoms with Gasteiger partial charge in [0.15, 0.2) is 12.1 Å². The molecule has 5 nitrogen and oxygen atoms in total. The molecule has 11 heavy (non-hydrogen) atoms. The maximum Gasteiger partial charge on any atom is 0.358 e. The van der Waals surface area contributed by atoms with Gasteiger partial charge in [0.05, 0.1) is 0 Å². The summed E-state index contributed by atoms with van der Waals surface area (Å²) in [5, 5.41) is 8.52. The summed E-state index contributed by atoms with van der Waals surface area (Å²) in [5.41, 5.74) is 5.16. The van der Waals surface area contributed by atoms with Crippen molar-refractivity contribution < 1.29 is 14.3 Å². The molecule has 0 radical (unpaired) electrons.